The minimum atomic E-state index is -2.12. The molecule has 3 N–H and O–H groups in total. The van der Waals surface area contributed by atoms with Crippen molar-refractivity contribution >= 4 is 22.7 Å². The molecule has 0 radical (unpaired) electrons. The van der Waals surface area contributed by atoms with E-state index in [1.54, 1.807) is 26.8 Å². The van der Waals surface area contributed by atoms with E-state index < -0.39 is 23.1 Å². The van der Waals surface area contributed by atoms with Gasteiger partial charge >= 0.3 is 11.9 Å². The number of benzene rings is 2. The molecule has 0 aliphatic rings. The second kappa shape index (κ2) is 6.01. The van der Waals surface area contributed by atoms with Gasteiger partial charge < -0.3 is 15.6 Å². The maximum absolute atomic E-state index is 12.3. The predicted octanol–water partition coefficient (Wildman–Crippen LogP) is 2.51. The van der Waals surface area contributed by atoms with Crippen LogP contribution >= 0.6 is 0 Å². The smallest absolute Gasteiger partial charge is 0.338 e. The van der Waals surface area contributed by atoms with E-state index in [1.807, 2.05) is 36.4 Å². The monoisotopic (exact) mass is 315 g/mol. The van der Waals surface area contributed by atoms with Crippen LogP contribution < -0.4 is 5.73 Å². The molecule has 2 rings (SSSR count). The molecule has 5 nitrogen and oxygen atoms in total. The highest BCUT2D eigenvalue weighted by Crippen LogP contribution is 2.21. The van der Waals surface area contributed by atoms with Gasteiger partial charge in [0.25, 0.3) is 0 Å². The molecule has 2 aromatic rings. The SMILES string of the molecule is CC(C)(C)OC(=O)C(N)(Cc1ccc2ccccc2c1)C(=O)O. The molecule has 0 saturated carbocycles. The maximum Gasteiger partial charge on any atom is 0.338 e. The summed E-state index contributed by atoms with van der Waals surface area (Å²) < 4.78 is 5.18. The molecule has 0 amide bonds. The lowest BCUT2D eigenvalue weighted by molar-refractivity contribution is -0.169. The first kappa shape index (κ1) is 17.0. The Morgan fingerprint density at radius 2 is 1.70 bits per heavy atom. The average Bonchev–Trinajstić information content (AvgIpc) is 2.45. The molecule has 0 aliphatic carbocycles. The molecule has 0 aliphatic heterocycles. The third-order valence-corrected chi connectivity index (χ3v) is 3.44. The molecule has 0 heterocycles. The highest BCUT2D eigenvalue weighted by Gasteiger charge is 2.45. The zero-order chi connectivity index (χ0) is 17.3. The Balaban J connectivity index is 2.33. The number of ether oxygens (including phenoxy) is 1. The van der Waals surface area contributed by atoms with Gasteiger partial charge in [-0.1, -0.05) is 42.5 Å². The number of hydrogen-bond acceptors (Lipinski definition) is 4. The zero-order valence-corrected chi connectivity index (χ0v) is 13.5. The van der Waals surface area contributed by atoms with Gasteiger partial charge in [0.1, 0.15) is 5.60 Å². The number of hydrogen-bond donors (Lipinski definition) is 2. The molecule has 2 aromatic carbocycles. The first-order valence-electron chi connectivity index (χ1n) is 7.35. The maximum atomic E-state index is 12.3. The van der Waals surface area contributed by atoms with Gasteiger partial charge in [-0.05, 0) is 37.1 Å². The predicted molar refractivity (Wildman–Crippen MR) is 88.1 cm³/mol. The van der Waals surface area contributed by atoms with Crippen molar-refractivity contribution in [3.63, 3.8) is 0 Å². The molecule has 23 heavy (non-hydrogen) atoms. The van der Waals surface area contributed by atoms with Crippen molar-refractivity contribution in [2.75, 3.05) is 0 Å². The van der Waals surface area contributed by atoms with Crippen molar-refractivity contribution in [1.29, 1.82) is 0 Å². The van der Waals surface area contributed by atoms with Gasteiger partial charge in [-0.3, -0.25) is 0 Å². The molecule has 0 spiro atoms. The molecule has 122 valence electrons. The number of carbonyl (C=O) groups is 2. The Bertz CT molecular complexity index is 748. The van der Waals surface area contributed by atoms with Crippen LogP contribution in [0.1, 0.15) is 26.3 Å². The summed E-state index contributed by atoms with van der Waals surface area (Å²) in [5.41, 5.74) is 3.64. The molecular formula is C18H21NO4. The molecule has 0 saturated heterocycles. The summed E-state index contributed by atoms with van der Waals surface area (Å²) in [6.07, 6.45) is -0.137. The number of nitrogens with two attached hydrogens (primary N) is 1. The lowest BCUT2D eigenvalue weighted by Gasteiger charge is -2.28. The molecule has 5 heteroatoms. The third-order valence-electron chi connectivity index (χ3n) is 3.44. The van der Waals surface area contributed by atoms with Crippen molar-refractivity contribution in [2.24, 2.45) is 5.73 Å². The minimum absolute atomic E-state index is 0.137. The number of aliphatic carboxylic acids is 1. The Kier molecular flexibility index (Phi) is 4.43. The summed E-state index contributed by atoms with van der Waals surface area (Å²) in [7, 11) is 0. The van der Waals surface area contributed by atoms with E-state index in [9.17, 15) is 14.7 Å². The molecule has 1 atom stereocenters. The summed E-state index contributed by atoms with van der Waals surface area (Å²) in [4.78, 5) is 23.9. The number of fused-ring (bicyclic) bond motifs is 1. The van der Waals surface area contributed by atoms with Crippen molar-refractivity contribution < 1.29 is 19.4 Å². The largest absolute Gasteiger partial charge is 0.479 e. The van der Waals surface area contributed by atoms with Gasteiger partial charge in [-0.15, -0.1) is 0 Å². The quantitative estimate of drug-likeness (QED) is 0.668. The summed E-state index contributed by atoms with van der Waals surface area (Å²) in [6, 6.07) is 13.2. The minimum Gasteiger partial charge on any atom is -0.479 e. The molecule has 0 fully saturated rings. The highest BCUT2D eigenvalue weighted by atomic mass is 16.6. The van der Waals surface area contributed by atoms with Crippen LogP contribution in [0.25, 0.3) is 10.8 Å². The van der Waals surface area contributed by atoms with Crippen LogP contribution in [0.4, 0.5) is 0 Å². The van der Waals surface area contributed by atoms with Crippen LogP contribution in [-0.4, -0.2) is 28.2 Å². The van der Waals surface area contributed by atoms with E-state index in [-0.39, 0.29) is 6.42 Å². The van der Waals surface area contributed by atoms with E-state index in [0.717, 1.165) is 10.8 Å². The van der Waals surface area contributed by atoms with Crippen LogP contribution in [-0.2, 0) is 20.7 Å². The van der Waals surface area contributed by atoms with Crippen LogP contribution in [0.2, 0.25) is 0 Å². The first-order valence-corrected chi connectivity index (χ1v) is 7.35. The van der Waals surface area contributed by atoms with Gasteiger partial charge in [-0.2, -0.15) is 0 Å². The fraction of sp³-hybridized carbons (Fsp3) is 0.333. The fourth-order valence-electron chi connectivity index (χ4n) is 2.27. The topological polar surface area (TPSA) is 89.6 Å². The van der Waals surface area contributed by atoms with Crippen LogP contribution in [0.15, 0.2) is 42.5 Å². The number of rotatable bonds is 4. The standard InChI is InChI=1S/C18H21NO4/c1-17(2,3)23-16(22)18(19,15(20)21)11-12-8-9-13-6-4-5-7-14(13)10-12/h4-10H,11,19H2,1-3H3,(H,20,21). The lowest BCUT2D eigenvalue weighted by Crippen LogP contribution is -2.58. The van der Waals surface area contributed by atoms with E-state index in [1.165, 1.54) is 0 Å². The van der Waals surface area contributed by atoms with Gasteiger partial charge in [0, 0.05) is 6.42 Å². The Morgan fingerprint density at radius 3 is 2.26 bits per heavy atom. The first-order chi connectivity index (χ1) is 10.6. The lowest BCUT2D eigenvalue weighted by atomic mass is 9.90. The van der Waals surface area contributed by atoms with Crippen molar-refractivity contribution in [2.45, 2.75) is 38.3 Å². The van der Waals surface area contributed by atoms with E-state index in [2.05, 4.69) is 0 Å². The normalized spacial score (nSPS) is 14.3. The van der Waals surface area contributed by atoms with Gasteiger partial charge in [0.15, 0.2) is 0 Å². The van der Waals surface area contributed by atoms with E-state index >= 15 is 0 Å². The summed E-state index contributed by atoms with van der Waals surface area (Å²) in [6.45, 7) is 5.01. The Morgan fingerprint density at radius 1 is 1.09 bits per heavy atom. The summed E-state index contributed by atoms with van der Waals surface area (Å²) in [5.74, 6) is -2.34. The van der Waals surface area contributed by atoms with Crippen molar-refractivity contribution in [3.8, 4) is 0 Å². The highest BCUT2D eigenvalue weighted by molar-refractivity contribution is 6.04. The Labute approximate surface area is 135 Å². The third kappa shape index (κ3) is 3.87. The summed E-state index contributed by atoms with van der Waals surface area (Å²) in [5, 5.41) is 11.4. The van der Waals surface area contributed by atoms with Crippen LogP contribution in [0, 0.1) is 0 Å². The number of esters is 1. The fourth-order valence-corrected chi connectivity index (χ4v) is 2.27. The van der Waals surface area contributed by atoms with Crippen molar-refractivity contribution in [1.82, 2.24) is 0 Å². The zero-order valence-electron chi connectivity index (χ0n) is 13.5. The van der Waals surface area contributed by atoms with E-state index in [4.69, 9.17) is 10.5 Å². The number of carbonyl (C=O) groups excluding carboxylic acids is 1. The second-order valence-electron chi connectivity index (χ2n) is 6.64. The van der Waals surface area contributed by atoms with Crippen LogP contribution in [0.5, 0.6) is 0 Å². The molecule has 1 unspecified atom stereocenters. The number of carboxylic acids is 1. The number of carboxylic acid groups (broad SMARTS) is 1. The Hall–Kier alpha value is -2.40. The molecular weight excluding hydrogens is 294 g/mol. The van der Waals surface area contributed by atoms with Gasteiger partial charge in [-0.25, -0.2) is 9.59 Å². The molecule has 0 bridgehead atoms. The summed E-state index contributed by atoms with van der Waals surface area (Å²) >= 11 is 0. The van der Waals surface area contributed by atoms with Crippen LogP contribution in [0.3, 0.4) is 0 Å². The average molecular weight is 315 g/mol. The molecule has 0 aromatic heterocycles. The van der Waals surface area contributed by atoms with Crippen molar-refractivity contribution in [3.05, 3.63) is 48.0 Å². The van der Waals surface area contributed by atoms with E-state index in [0.29, 0.717) is 5.56 Å². The van der Waals surface area contributed by atoms with Gasteiger partial charge in [0.05, 0.1) is 0 Å². The second-order valence-corrected chi connectivity index (χ2v) is 6.64. The van der Waals surface area contributed by atoms with Gasteiger partial charge in [0.2, 0.25) is 5.54 Å².